The highest BCUT2D eigenvalue weighted by Crippen LogP contribution is 2.38. The summed E-state index contributed by atoms with van der Waals surface area (Å²) in [7, 11) is -3.71. The van der Waals surface area contributed by atoms with E-state index in [1.165, 1.54) is 12.1 Å². The predicted octanol–water partition coefficient (Wildman–Crippen LogP) is 4.05. The normalized spacial score (nSPS) is 16.7. The fraction of sp³-hybridized carbons (Fsp3) is 0.381. The van der Waals surface area contributed by atoms with Crippen molar-refractivity contribution >= 4 is 27.3 Å². The quantitative estimate of drug-likeness (QED) is 0.726. The highest BCUT2D eigenvalue weighted by molar-refractivity contribution is 7.92. The molecule has 1 amide bonds. The van der Waals surface area contributed by atoms with Crippen LogP contribution in [0.15, 0.2) is 42.5 Å². The lowest BCUT2D eigenvalue weighted by Gasteiger charge is -2.35. The van der Waals surface area contributed by atoms with Gasteiger partial charge < -0.3 is 14.8 Å². The molecule has 0 radical (unpaired) electrons. The Morgan fingerprint density at radius 2 is 1.75 bits per heavy atom. The maximum Gasteiger partial charge on any atom is 0.573 e. The summed E-state index contributed by atoms with van der Waals surface area (Å²) in [4.78, 5) is 12.7. The molecule has 0 unspecified atom stereocenters. The van der Waals surface area contributed by atoms with E-state index in [1.54, 1.807) is 18.2 Å². The summed E-state index contributed by atoms with van der Waals surface area (Å²) in [6, 6.07) is 9.73. The molecule has 32 heavy (non-hydrogen) atoms. The Balaban J connectivity index is 1.82. The Labute approximate surface area is 184 Å². The molecule has 0 spiro atoms. The van der Waals surface area contributed by atoms with Crippen LogP contribution in [-0.4, -0.2) is 39.6 Å². The number of rotatable bonds is 4. The van der Waals surface area contributed by atoms with Gasteiger partial charge in [-0.05, 0) is 47.4 Å². The topological polar surface area (TPSA) is 84.9 Å². The number of amides is 1. The summed E-state index contributed by atoms with van der Waals surface area (Å²) < 4.78 is 72.3. The predicted molar refractivity (Wildman–Crippen MR) is 114 cm³/mol. The van der Waals surface area contributed by atoms with Gasteiger partial charge in [0.05, 0.1) is 18.5 Å². The van der Waals surface area contributed by atoms with Gasteiger partial charge in [0, 0.05) is 5.69 Å². The first-order chi connectivity index (χ1) is 14.6. The molecule has 1 N–H and O–H groups in total. The van der Waals surface area contributed by atoms with Crippen molar-refractivity contribution in [1.29, 1.82) is 0 Å². The largest absolute Gasteiger partial charge is 0.573 e. The van der Waals surface area contributed by atoms with Gasteiger partial charge in [-0.2, -0.15) is 0 Å². The molecule has 2 aromatic carbocycles. The minimum atomic E-state index is -4.82. The molecule has 1 heterocycles. The first kappa shape index (κ1) is 23.7. The van der Waals surface area contributed by atoms with Gasteiger partial charge in [-0.3, -0.25) is 9.10 Å². The van der Waals surface area contributed by atoms with Crippen LogP contribution in [0.25, 0.3) is 0 Å². The zero-order chi connectivity index (χ0) is 23.9. The lowest BCUT2D eigenvalue weighted by molar-refractivity contribution is -0.274. The molecule has 0 saturated heterocycles. The van der Waals surface area contributed by atoms with Crippen LogP contribution in [0, 0.1) is 0 Å². The molecule has 0 aromatic heterocycles. The SMILES string of the molecule is CC(C)(C)c1ccc2c(c1)N(S(C)(=O)=O)C[C@@H](C(=O)Nc1ccc(OC(F)(F)F)cc1)O2. The summed E-state index contributed by atoms with van der Waals surface area (Å²) in [6.07, 6.45) is -4.94. The molecule has 1 aliphatic rings. The van der Waals surface area contributed by atoms with Gasteiger partial charge in [-0.25, -0.2) is 8.42 Å². The summed E-state index contributed by atoms with van der Waals surface area (Å²) in [5, 5.41) is 2.52. The summed E-state index contributed by atoms with van der Waals surface area (Å²) in [5.74, 6) is -0.839. The van der Waals surface area contributed by atoms with Gasteiger partial charge >= 0.3 is 6.36 Å². The number of anilines is 2. The number of sulfonamides is 1. The second-order valence-electron chi connectivity index (χ2n) is 8.39. The monoisotopic (exact) mass is 472 g/mol. The number of benzene rings is 2. The van der Waals surface area contributed by atoms with Crippen LogP contribution in [0.4, 0.5) is 24.5 Å². The van der Waals surface area contributed by atoms with Gasteiger partial charge in [0.2, 0.25) is 10.0 Å². The van der Waals surface area contributed by atoms with Crippen LogP contribution in [-0.2, 0) is 20.2 Å². The molecule has 2 aromatic rings. The second kappa shape index (κ2) is 8.19. The van der Waals surface area contributed by atoms with E-state index in [4.69, 9.17) is 4.74 Å². The van der Waals surface area contributed by atoms with E-state index in [2.05, 4.69) is 10.1 Å². The van der Waals surface area contributed by atoms with Crippen LogP contribution in [0.2, 0.25) is 0 Å². The third-order valence-electron chi connectivity index (χ3n) is 4.74. The Hall–Kier alpha value is -2.95. The number of alkyl halides is 3. The Morgan fingerprint density at radius 3 is 2.28 bits per heavy atom. The van der Waals surface area contributed by atoms with Crippen molar-refractivity contribution in [2.24, 2.45) is 0 Å². The highest BCUT2D eigenvalue weighted by Gasteiger charge is 2.36. The van der Waals surface area contributed by atoms with E-state index >= 15 is 0 Å². The third kappa shape index (κ3) is 5.64. The van der Waals surface area contributed by atoms with Crippen molar-refractivity contribution in [2.45, 2.75) is 38.7 Å². The number of nitrogens with one attached hydrogen (secondary N) is 1. The van der Waals surface area contributed by atoms with Crippen molar-refractivity contribution in [1.82, 2.24) is 0 Å². The highest BCUT2D eigenvalue weighted by atomic mass is 32.2. The van der Waals surface area contributed by atoms with Gasteiger partial charge in [-0.15, -0.1) is 13.2 Å². The van der Waals surface area contributed by atoms with Crippen molar-refractivity contribution in [3.63, 3.8) is 0 Å². The van der Waals surface area contributed by atoms with Crippen LogP contribution in [0.3, 0.4) is 0 Å². The molecular formula is C21H23F3N2O5S. The number of fused-ring (bicyclic) bond motifs is 1. The van der Waals surface area contributed by atoms with E-state index in [-0.39, 0.29) is 23.4 Å². The zero-order valence-electron chi connectivity index (χ0n) is 17.9. The average molecular weight is 472 g/mol. The molecule has 1 atom stereocenters. The molecule has 174 valence electrons. The standard InChI is InChI=1S/C21H23F3N2O5S/c1-20(2,3)13-5-10-17-16(11-13)26(32(4,28)29)12-18(30-17)19(27)25-14-6-8-15(9-7-14)31-21(22,23)24/h5-11,18H,12H2,1-4H3,(H,25,27)/t18-/m0/s1. The number of hydrogen-bond donors (Lipinski definition) is 1. The summed E-state index contributed by atoms with van der Waals surface area (Å²) in [5.41, 5.74) is 1.22. The number of nitrogens with zero attached hydrogens (tertiary/aromatic N) is 1. The van der Waals surface area contributed by atoms with Gasteiger partial charge in [0.1, 0.15) is 11.5 Å². The van der Waals surface area contributed by atoms with Crippen LogP contribution in [0.5, 0.6) is 11.5 Å². The van der Waals surface area contributed by atoms with Crippen LogP contribution in [0.1, 0.15) is 26.3 Å². The Kier molecular flexibility index (Phi) is 6.07. The fourth-order valence-corrected chi connectivity index (χ4v) is 4.04. The van der Waals surface area contributed by atoms with E-state index in [1.807, 2.05) is 20.8 Å². The first-order valence-electron chi connectivity index (χ1n) is 9.59. The number of carbonyl (C=O) groups is 1. The smallest absolute Gasteiger partial charge is 0.476 e. The van der Waals surface area contributed by atoms with E-state index in [9.17, 15) is 26.4 Å². The molecule has 1 aliphatic heterocycles. The molecule has 0 saturated carbocycles. The van der Waals surface area contributed by atoms with Crippen molar-refractivity contribution in [2.75, 3.05) is 22.4 Å². The number of carbonyl (C=O) groups excluding carboxylic acids is 1. The van der Waals surface area contributed by atoms with E-state index < -0.39 is 34.1 Å². The maximum atomic E-state index is 12.7. The summed E-state index contributed by atoms with van der Waals surface area (Å²) in [6.45, 7) is 5.72. The molecule has 0 aliphatic carbocycles. The molecule has 11 heteroatoms. The third-order valence-corrected chi connectivity index (χ3v) is 5.89. The molecule has 0 fully saturated rings. The average Bonchev–Trinajstić information content (AvgIpc) is 2.65. The molecule has 3 rings (SSSR count). The van der Waals surface area contributed by atoms with E-state index in [0.29, 0.717) is 5.69 Å². The maximum absolute atomic E-state index is 12.7. The zero-order valence-corrected chi connectivity index (χ0v) is 18.7. The number of halogens is 3. The number of ether oxygens (including phenoxy) is 2. The number of hydrogen-bond acceptors (Lipinski definition) is 5. The van der Waals surface area contributed by atoms with Crippen molar-refractivity contribution in [3.8, 4) is 11.5 Å². The first-order valence-corrected chi connectivity index (χ1v) is 11.4. The Morgan fingerprint density at radius 1 is 1.12 bits per heavy atom. The van der Waals surface area contributed by atoms with Gasteiger partial charge in [0.25, 0.3) is 5.91 Å². The Bertz CT molecular complexity index is 1110. The summed E-state index contributed by atoms with van der Waals surface area (Å²) >= 11 is 0. The fourth-order valence-electron chi connectivity index (χ4n) is 3.13. The van der Waals surface area contributed by atoms with Crippen molar-refractivity contribution < 1.29 is 35.9 Å². The van der Waals surface area contributed by atoms with Crippen LogP contribution >= 0.6 is 0 Å². The lowest BCUT2D eigenvalue weighted by atomic mass is 9.86. The molecule has 0 bridgehead atoms. The molecule has 7 nitrogen and oxygen atoms in total. The van der Waals surface area contributed by atoms with Crippen LogP contribution < -0.4 is 19.1 Å². The van der Waals surface area contributed by atoms with Crippen molar-refractivity contribution in [3.05, 3.63) is 48.0 Å². The lowest BCUT2D eigenvalue weighted by Crippen LogP contribution is -2.48. The van der Waals surface area contributed by atoms with E-state index in [0.717, 1.165) is 28.3 Å². The van der Waals surface area contributed by atoms with Gasteiger partial charge in [0.15, 0.2) is 6.10 Å². The minimum absolute atomic E-state index is 0.202. The van der Waals surface area contributed by atoms with Gasteiger partial charge in [-0.1, -0.05) is 26.8 Å². The minimum Gasteiger partial charge on any atom is -0.476 e. The molecular weight excluding hydrogens is 449 g/mol. The second-order valence-corrected chi connectivity index (χ2v) is 10.3.